The van der Waals surface area contributed by atoms with E-state index < -0.39 is 34.2 Å². The normalized spacial score (nSPS) is 32.1. The monoisotopic (exact) mass is 534 g/mol. The molecule has 1 spiro atoms. The van der Waals surface area contributed by atoms with Crippen LogP contribution in [0.25, 0.3) is 0 Å². The molecular weight excluding hydrogens is 488 g/mol. The predicted octanol–water partition coefficient (Wildman–Crippen LogP) is 4.05. The minimum atomic E-state index is -0.765. The van der Waals surface area contributed by atoms with Gasteiger partial charge in [0.2, 0.25) is 11.8 Å². The Kier molecular flexibility index (Phi) is 9.26. The number of fused-ring (bicyclic) bond motifs is 1. The number of carbonyl (C=O) groups excluding carboxylic acids is 3. The Morgan fingerprint density at radius 3 is 2.54 bits per heavy atom. The molecule has 3 heterocycles. The third-order valence-corrected chi connectivity index (χ3v) is 10.8. The van der Waals surface area contributed by atoms with Gasteiger partial charge < -0.3 is 19.6 Å². The lowest BCUT2D eigenvalue weighted by Crippen LogP contribution is -2.62. The van der Waals surface area contributed by atoms with Crippen LogP contribution in [0.4, 0.5) is 0 Å². The molecule has 0 radical (unpaired) electrons. The zero-order valence-electron chi connectivity index (χ0n) is 23.4. The van der Waals surface area contributed by atoms with Gasteiger partial charge in [-0.3, -0.25) is 14.4 Å². The summed E-state index contributed by atoms with van der Waals surface area (Å²) in [4.78, 5) is 45.8. The number of rotatable bonds is 12. The van der Waals surface area contributed by atoms with E-state index in [1.165, 1.54) is 0 Å². The molecule has 0 saturated carbocycles. The Balaban J connectivity index is 2.11. The van der Waals surface area contributed by atoms with Crippen molar-refractivity contribution >= 4 is 29.5 Å². The Bertz CT molecular complexity index is 901. The molecule has 8 atom stereocenters. The lowest BCUT2D eigenvalue weighted by molar-refractivity contribution is -0.155. The molecule has 3 fully saturated rings. The molecule has 0 aliphatic carbocycles. The molecule has 208 valence electrons. The highest BCUT2D eigenvalue weighted by Crippen LogP contribution is 2.69. The largest absolute Gasteiger partial charge is 0.465 e. The summed E-state index contributed by atoms with van der Waals surface area (Å²) in [6.45, 7) is 20.1. The fourth-order valence-corrected chi connectivity index (χ4v) is 9.04. The molecule has 3 unspecified atom stereocenters. The van der Waals surface area contributed by atoms with E-state index in [1.807, 2.05) is 34.6 Å². The third-order valence-electron chi connectivity index (χ3n) is 8.72. The highest BCUT2D eigenvalue weighted by Gasteiger charge is 2.77. The minimum Gasteiger partial charge on any atom is -0.465 e. The van der Waals surface area contributed by atoms with Gasteiger partial charge in [0.05, 0.1) is 35.8 Å². The van der Waals surface area contributed by atoms with Gasteiger partial charge >= 0.3 is 5.97 Å². The molecular formula is C29H46N2O5S. The quantitative estimate of drug-likeness (QED) is 0.231. The summed E-state index contributed by atoms with van der Waals surface area (Å²) in [5.41, 5.74) is -0.492. The van der Waals surface area contributed by atoms with Crippen molar-refractivity contribution in [2.75, 3.05) is 19.8 Å². The first-order chi connectivity index (χ1) is 17.4. The summed E-state index contributed by atoms with van der Waals surface area (Å²) < 4.78 is 4.93. The van der Waals surface area contributed by atoms with Crippen molar-refractivity contribution in [2.24, 2.45) is 23.7 Å². The molecule has 3 rings (SSSR count). The average molecular weight is 535 g/mol. The Hall–Kier alpha value is -1.80. The number of unbranched alkanes of at least 4 members (excludes halogenated alkanes) is 1. The number of nitrogens with zero attached hydrogens (tertiary/aromatic N) is 2. The smallest absolute Gasteiger partial charge is 0.310 e. The first-order valence-electron chi connectivity index (χ1n) is 13.7. The number of thioether (sulfide) groups is 1. The van der Waals surface area contributed by atoms with Gasteiger partial charge in [-0.2, -0.15) is 0 Å². The lowest BCUT2D eigenvalue weighted by atomic mass is 9.66. The highest BCUT2D eigenvalue weighted by molar-refractivity contribution is 8.02. The first kappa shape index (κ1) is 29.8. The molecule has 0 aromatic heterocycles. The van der Waals surface area contributed by atoms with E-state index in [0.29, 0.717) is 13.0 Å². The van der Waals surface area contributed by atoms with Crippen LogP contribution in [0.5, 0.6) is 0 Å². The third kappa shape index (κ3) is 5.00. The molecule has 3 aliphatic rings. The fourth-order valence-electron chi connectivity index (χ4n) is 6.65. The zero-order chi connectivity index (χ0) is 27.7. The molecule has 3 saturated heterocycles. The number of esters is 1. The average Bonchev–Trinajstić information content (AvgIpc) is 3.43. The van der Waals surface area contributed by atoms with E-state index in [9.17, 15) is 19.5 Å². The number of ether oxygens (including phenoxy) is 1. The van der Waals surface area contributed by atoms with Crippen molar-refractivity contribution in [3.63, 3.8) is 0 Å². The topological polar surface area (TPSA) is 87.1 Å². The van der Waals surface area contributed by atoms with Gasteiger partial charge in [0, 0.05) is 17.3 Å². The van der Waals surface area contributed by atoms with Crippen molar-refractivity contribution in [3.8, 4) is 0 Å². The number of likely N-dealkylation sites (tertiary alicyclic amines) is 1. The number of carbonyl (C=O) groups is 3. The fraction of sp³-hybridized carbons (Fsp3) is 0.759. The summed E-state index contributed by atoms with van der Waals surface area (Å²) in [7, 11) is 0. The van der Waals surface area contributed by atoms with Crippen molar-refractivity contribution in [1.82, 2.24) is 9.80 Å². The first-order valence-corrected chi connectivity index (χ1v) is 14.6. The molecule has 2 bridgehead atoms. The van der Waals surface area contributed by atoms with Crippen LogP contribution in [0, 0.1) is 23.7 Å². The maximum Gasteiger partial charge on any atom is 0.310 e. The van der Waals surface area contributed by atoms with Gasteiger partial charge in [-0.25, -0.2) is 0 Å². The Labute approximate surface area is 227 Å². The second kappa shape index (κ2) is 11.5. The number of hydrogen-bond donors (Lipinski definition) is 1. The van der Waals surface area contributed by atoms with Crippen LogP contribution in [0.3, 0.4) is 0 Å². The molecule has 3 aliphatic heterocycles. The maximum atomic E-state index is 14.5. The van der Waals surface area contributed by atoms with Crippen LogP contribution in [0.2, 0.25) is 0 Å². The maximum absolute atomic E-state index is 14.5. The van der Waals surface area contributed by atoms with E-state index in [2.05, 4.69) is 20.1 Å². The van der Waals surface area contributed by atoms with Gasteiger partial charge in [-0.1, -0.05) is 39.3 Å². The van der Waals surface area contributed by atoms with Crippen LogP contribution >= 0.6 is 11.8 Å². The number of aliphatic hydroxyl groups is 1. The molecule has 1 N–H and O–H groups in total. The lowest BCUT2D eigenvalue weighted by Gasteiger charge is -2.45. The Morgan fingerprint density at radius 1 is 1.32 bits per heavy atom. The van der Waals surface area contributed by atoms with E-state index in [-0.39, 0.29) is 48.1 Å². The second-order valence-electron chi connectivity index (χ2n) is 11.9. The number of allylic oxidation sites excluding steroid dienone is 1. The van der Waals surface area contributed by atoms with Crippen LogP contribution < -0.4 is 0 Å². The van der Waals surface area contributed by atoms with Crippen molar-refractivity contribution in [3.05, 3.63) is 25.3 Å². The number of hydrogen-bond acceptors (Lipinski definition) is 6. The van der Waals surface area contributed by atoms with E-state index >= 15 is 0 Å². The summed E-state index contributed by atoms with van der Waals surface area (Å²) in [5, 5.41) is 10.4. The van der Waals surface area contributed by atoms with Gasteiger partial charge in [0.25, 0.3) is 0 Å². The predicted molar refractivity (Wildman–Crippen MR) is 148 cm³/mol. The molecule has 37 heavy (non-hydrogen) atoms. The van der Waals surface area contributed by atoms with Crippen LogP contribution in [0.15, 0.2) is 25.3 Å². The SMILES string of the molecule is C=CCCCOC(=O)[C@@H]1[C@H]2C(=O)N([C@@H](CO)[C@@H](C)CC)C(C(=O)N(CC=C)C(C)(C)C)C23S[C@@H]1CC3C. The highest BCUT2D eigenvalue weighted by atomic mass is 32.2. The molecule has 7 nitrogen and oxygen atoms in total. The standard InChI is InChI=1S/C29H46N2O5S/c1-9-12-13-15-36-27(35)22-21-16-19(5)29(37-21)23(22)25(33)31(20(17-32)18(4)11-3)24(29)26(34)30(14-10-2)28(6,7)8/h9-10,18-24,32H,1-2,11-17H2,3-8H3/t18-,19?,20-,21+,22-,23-,24?,29?/m0/s1. The molecule has 8 heteroatoms. The van der Waals surface area contributed by atoms with Crippen molar-refractivity contribution < 1.29 is 24.2 Å². The van der Waals surface area contributed by atoms with Crippen molar-refractivity contribution in [1.29, 1.82) is 0 Å². The van der Waals surface area contributed by atoms with Crippen molar-refractivity contribution in [2.45, 2.75) is 94.8 Å². The van der Waals surface area contributed by atoms with Gasteiger partial charge in [-0.05, 0) is 51.9 Å². The molecule has 0 aromatic rings. The Morgan fingerprint density at radius 2 is 2.00 bits per heavy atom. The summed E-state index contributed by atoms with van der Waals surface area (Å²) in [6, 6.07) is -1.27. The molecule has 2 amide bonds. The second-order valence-corrected chi connectivity index (χ2v) is 13.5. The number of amides is 2. The van der Waals surface area contributed by atoms with E-state index in [0.717, 1.165) is 19.3 Å². The van der Waals surface area contributed by atoms with Gasteiger partial charge in [0.15, 0.2) is 0 Å². The molecule has 0 aromatic carbocycles. The van der Waals surface area contributed by atoms with E-state index in [1.54, 1.807) is 33.7 Å². The summed E-state index contributed by atoms with van der Waals surface area (Å²) in [5.74, 6) is -1.85. The minimum absolute atomic E-state index is 0.0104. The van der Waals surface area contributed by atoms with Gasteiger partial charge in [0.1, 0.15) is 6.04 Å². The van der Waals surface area contributed by atoms with Gasteiger partial charge in [-0.15, -0.1) is 24.9 Å². The van der Waals surface area contributed by atoms with Crippen LogP contribution in [-0.4, -0.2) is 80.1 Å². The zero-order valence-corrected chi connectivity index (χ0v) is 24.3. The summed E-state index contributed by atoms with van der Waals surface area (Å²) >= 11 is 1.64. The van der Waals surface area contributed by atoms with Crippen LogP contribution in [-0.2, 0) is 19.1 Å². The van der Waals surface area contributed by atoms with E-state index in [4.69, 9.17) is 4.74 Å². The number of aliphatic hydroxyl groups excluding tert-OH is 1. The van der Waals surface area contributed by atoms with Crippen LogP contribution in [0.1, 0.15) is 67.2 Å². The summed E-state index contributed by atoms with van der Waals surface area (Å²) in [6.07, 6.45) is 6.45.